The largest absolute Gasteiger partial charge is 0.496 e. The highest BCUT2D eigenvalue weighted by Crippen LogP contribution is 2.23. The van der Waals surface area contributed by atoms with Crippen LogP contribution in [-0.4, -0.2) is 31.7 Å². The van der Waals surface area contributed by atoms with Crippen molar-refractivity contribution in [2.45, 2.75) is 0 Å². The molecule has 0 heterocycles. The first-order valence-corrected chi connectivity index (χ1v) is 11.3. The zero-order chi connectivity index (χ0) is 22.9. The molecule has 0 bridgehead atoms. The number of hydrogen-bond donors (Lipinski definition) is 2. The third-order valence-electron chi connectivity index (χ3n) is 4.18. The summed E-state index contributed by atoms with van der Waals surface area (Å²) in [4.78, 5) is 24.4. The van der Waals surface area contributed by atoms with Crippen LogP contribution in [0.4, 0.5) is 5.69 Å². The Morgan fingerprint density at radius 2 is 1.84 bits per heavy atom. The van der Waals surface area contributed by atoms with E-state index in [0.29, 0.717) is 17.1 Å². The molecule has 2 N–H and O–H groups in total. The normalized spacial score (nSPS) is 10.6. The number of hydrazone groups is 1. The van der Waals surface area contributed by atoms with Crippen LogP contribution in [0.15, 0.2) is 76.3 Å². The summed E-state index contributed by atoms with van der Waals surface area (Å²) in [5.74, 6) is 0.361. The molecule has 0 atom stereocenters. The third kappa shape index (κ3) is 6.79. The number of ether oxygens (including phenoxy) is 2. The van der Waals surface area contributed by atoms with Crippen molar-refractivity contribution in [3.8, 4) is 11.5 Å². The smallest absolute Gasteiger partial charge is 0.275 e. The van der Waals surface area contributed by atoms with Crippen LogP contribution in [0.5, 0.6) is 11.5 Å². The molecule has 0 aliphatic carbocycles. The minimum atomic E-state index is -0.390. The zero-order valence-corrected chi connectivity index (χ0v) is 20.7. The van der Waals surface area contributed by atoms with E-state index in [1.807, 2.05) is 24.3 Å². The van der Waals surface area contributed by atoms with Gasteiger partial charge in [0.05, 0.1) is 24.6 Å². The first kappa shape index (κ1) is 23.7. The van der Waals surface area contributed by atoms with Crippen LogP contribution in [-0.2, 0) is 4.79 Å². The van der Waals surface area contributed by atoms with Crippen LogP contribution >= 0.6 is 38.5 Å². The average molecular weight is 608 g/mol. The van der Waals surface area contributed by atoms with E-state index < -0.39 is 5.91 Å². The van der Waals surface area contributed by atoms with Crippen LogP contribution in [0.25, 0.3) is 0 Å². The molecule has 7 nitrogen and oxygen atoms in total. The Balaban J connectivity index is 1.50. The molecule has 0 unspecified atom stereocenters. The van der Waals surface area contributed by atoms with Crippen LogP contribution in [0.2, 0.25) is 0 Å². The lowest BCUT2D eigenvalue weighted by Crippen LogP contribution is -2.20. The topological polar surface area (TPSA) is 89.0 Å². The second-order valence-corrected chi connectivity index (χ2v) is 8.51. The van der Waals surface area contributed by atoms with Crippen LogP contribution < -0.4 is 20.2 Å². The third-order valence-corrected chi connectivity index (χ3v) is 5.62. The molecular weight excluding hydrogens is 589 g/mol. The molecule has 164 valence electrons. The molecule has 2 amide bonds. The molecule has 32 heavy (non-hydrogen) atoms. The molecule has 3 aromatic carbocycles. The molecular formula is C23H19BrIN3O4. The summed E-state index contributed by atoms with van der Waals surface area (Å²) in [6.07, 6.45) is 1.51. The molecule has 3 aromatic rings. The van der Waals surface area contributed by atoms with Gasteiger partial charge in [-0.2, -0.15) is 5.10 Å². The first-order chi connectivity index (χ1) is 15.5. The summed E-state index contributed by atoms with van der Waals surface area (Å²) in [6, 6.07) is 19.6. The number of para-hydroxylation sites is 1. The van der Waals surface area contributed by atoms with E-state index in [1.165, 1.54) is 13.3 Å². The van der Waals surface area contributed by atoms with Crippen molar-refractivity contribution in [3.05, 3.63) is 85.9 Å². The average Bonchev–Trinajstić information content (AvgIpc) is 2.80. The summed E-state index contributed by atoms with van der Waals surface area (Å²) in [7, 11) is 1.50. The standard InChI is InChI=1S/C23H19BrIN3O4/c1-31-21-11-8-16(24)12-18(21)23(30)28-26-13-15-6-9-17(10-7-15)32-14-22(29)27-20-5-3-2-4-19(20)25/h2-13H,14H2,1H3,(H,27,29)(H,28,30)/b26-13-. The van der Waals surface area contributed by atoms with E-state index in [0.717, 1.165) is 19.3 Å². The number of nitrogens with one attached hydrogen (secondary N) is 2. The summed E-state index contributed by atoms with van der Waals surface area (Å²) >= 11 is 5.49. The van der Waals surface area contributed by atoms with Gasteiger partial charge >= 0.3 is 0 Å². The van der Waals surface area contributed by atoms with Crippen LogP contribution in [0, 0.1) is 3.57 Å². The Hall–Kier alpha value is -2.92. The number of carbonyl (C=O) groups is 2. The van der Waals surface area contributed by atoms with Gasteiger partial charge < -0.3 is 14.8 Å². The van der Waals surface area contributed by atoms with Crippen molar-refractivity contribution in [1.82, 2.24) is 5.43 Å². The van der Waals surface area contributed by atoms with E-state index in [4.69, 9.17) is 9.47 Å². The zero-order valence-electron chi connectivity index (χ0n) is 17.0. The predicted octanol–water partition coefficient (Wildman–Crippen LogP) is 4.84. The van der Waals surface area contributed by atoms with Gasteiger partial charge in [0.25, 0.3) is 11.8 Å². The van der Waals surface area contributed by atoms with Crippen molar-refractivity contribution in [3.63, 3.8) is 0 Å². The van der Waals surface area contributed by atoms with Gasteiger partial charge in [0, 0.05) is 8.04 Å². The number of amides is 2. The van der Waals surface area contributed by atoms with Crippen molar-refractivity contribution in [2.75, 3.05) is 19.0 Å². The number of carbonyl (C=O) groups excluding carboxylic acids is 2. The van der Waals surface area contributed by atoms with E-state index in [1.54, 1.807) is 42.5 Å². The van der Waals surface area contributed by atoms with E-state index >= 15 is 0 Å². The van der Waals surface area contributed by atoms with Crippen LogP contribution in [0.1, 0.15) is 15.9 Å². The Kier molecular flexibility index (Phi) is 8.63. The Morgan fingerprint density at radius 1 is 1.09 bits per heavy atom. The van der Waals surface area contributed by atoms with Crippen molar-refractivity contribution >= 4 is 62.2 Å². The van der Waals surface area contributed by atoms with E-state index in [-0.39, 0.29) is 12.5 Å². The summed E-state index contributed by atoms with van der Waals surface area (Å²) in [6.45, 7) is -0.108. The fourth-order valence-electron chi connectivity index (χ4n) is 2.63. The number of methoxy groups -OCH3 is 1. The first-order valence-electron chi connectivity index (χ1n) is 9.40. The number of anilines is 1. The summed E-state index contributed by atoms with van der Waals surface area (Å²) < 4.78 is 12.4. The van der Waals surface area contributed by atoms with E-state index in [2.05, 4.69) is 54.4 Å². The lowest BCUT2D eigenvalue weighted by atomic mass is 10.2. The van der Waals surface area contributed by atoms with Gasteiger partial charge in [0.15, 0.2) is 6.61 Å². The highest BCUT2D eigenvalue weighted by Gasteiger charge is 2.12. The van der Waals surface area contributed by atoms with Gasteiger partial charge in [-0.15, -0.1) is 0 Å². The Bertz CT molecular complexity index is 1140. The number of halogens is 2. The number of nitrogens with zero attached hydrogens (tertiary/aromatic N) is 1. The van der Waals surface area contributed by atoms with Crippen molar-refractivity contribution < 1.29 is 19.1 Å². The number of hydrogen-bond acceptors (Lipinski definition) is 5. The highest BCUT2D eigenvalue weighted by atomic mass is 127. The molecule has 0 spiro atoms. The minimum Gasteiger partial charge on any atom is -0.496 e. The quantitative estimate of drug-likeness (QED) is 0.218. The van der Waals surface area contributed by atoms with Gasteiger partial charge in [-0.1, -0.05) is 28.1 Å². The Morgan fingerprint density at radius 3 is 2.56 bits per heavy atom. The maximum absolute atomic E-state index is 12.3. The summed E-state index contributed by atoms with van der Waals surface area (Å²) in [5, 5.41) is 6.79. The molecule has 0 aliphatic rings. The predicted molar refractivity (Wildman–Crippen MR) is 135 cm³/mol. The van der Waals surface area contributed by atoms with Crippen molar-refractivity contribution in [1.29, 1.82) is 0 Å². The minimum absolute atomic E-state index is 0.108. The molecule has 0 aromatic heterocycles. The maximum atomic E-state index is 12.3. The molecule has 0 aliphatic heterocycles. The highest BCUT2D eigenvalue weighted by molar-refractivity contribution is 14.1. The fraction of sp³-hybridized carbons (Fsp3) is 0.0870. The lowest BCUT2D eigenvalue weighted by molar-refractivity contribution is -0.118. The SMILES string of the molecule is COc1ccc(Br)cc1C(=O)N/N=C\c1ccc(OCC(=O)Nc2ccccc2I)cc1. The number of rotatable bonds is 8. The Labute approximate surface area is 207 Å². The van der Waals surface area contributed by atoms with E-state index in [9.17, 15) is 9.59 Å². The molecule has 3 rings (SSSR count). The molecule has 9 heteroatoms. The second-order valence-electron chi connectivity index (χ2n) is 6.43. The lowest BCUT2D eigenvalue weighted by Gasteiger charge is -2.09. The fourth-order valence-corrected chi connectivity index (χ4v) is 3.51. The number of benzene rings is 3. The molecule has 0 fully saturated rings. The van der Waals surface area contributed by atoms with Gasteiger partial charge in [0.1, 0.15) is 11.5 Å². The van der Waals surface area contributed by atoms with Gasteiger partial charge in [-0.25, -0.2) is 5.43 Å². The monoisotopic (exact) mass is 607 g/mol. The summed E-state index contributed by atoms with van der Waals surface area (Å²) in [5.41, 5.74) is 4.34. The van der Waals surface area contributed by atoms with Gasteiger partial charge in [-0.05, 0) is 82.8 Å². The molecule has 0 saturated heterocycles. The molecule has 0 saturated carbocycles. The van der Waals surface area contributed by atoms with Gasteiger partial charge in [0.2, 0.25) is 0 Å². The second kappa shape index (κ2) is 11.6. The van der Waals surface area contributed by atoms with Crippen LogP contribution in [0.3, 0.4) is 0 Å². The molecule has 0 radical (unpaired) electrons. The maximum Gasteiger partial charge on any atom is 0.275 e. The van der Waals surface area contributed by atoms with Crippen molar-refractivity contribution in [2.24, 2.45) is 5.10 Å². The van der Waals surface area contributed by atoms with Gasteiger partial charge in [-0.3, -0.25) is 9.59 Å².